The van der Waals surface area contributed by atoms with Crippen molar-refractivity contribution in [1.82, 2.24) is 5.43 Å². The van der Waals surface area contributed by atoms with Crippen molar-refractivity contribution in [2.45, 2.75) is 19.8 Å². The number of amides is 1. The average Bonchev–Trinajstić information content (AvgIpc) is 2.29. The number of hydrogen-bond donors (Lipinski definition) is 1. The molecular weight excluding hydrogens is 142 g/mol. The summed E-state index contributed by atoms with van der Waals surface area (Å²) in [6, 6.07) is 2.00. The van der Waals surface area contributed by atoms with Gasteiger partial charge in [0.1, 0.15) is 0 Å². The van der Waals surface area contributed by atoms with Gasteiger partial charge in [-0.05, 0) is 13.3 Å². The standard InChI is InChI=1S/C7H9N3O/c1-5-6(3-2-4-8)7(11)10-9-5/h6H,2-3H2,1H3,(H,10,11). The van der Waals surface area contributed by atoms with E-state index in [1.54, 1.807) is 6.92 Å². The third kappa shape index (κ3) is 1.55. The van der Waals surface area contributed by atoms with Gasteiger partial charge in [0.15, 0.2) is 0 Å². The lowest BCUT2D eigenvalue weighted by atomic mass is 9.99. The van der Waals surface area contributed by atoms with Crippen LogP contribution in [-0.2, 0) is 4.79 Å². The van der Waals surface area contributed by atoms with Gasteiger partial charge in [0, 0.05) is 12.1 Å². The second kappa shape index (κ2) is 3.15. The van der Waals surface area contributed by atoms with Crippen LogP contribution in [0.1, 0.15) is 19.8 Å². The van der Waals surface area contributed by atoms with E-state index in [9.17, 15) is 4.79 Å². The van der Waals surface area contributed by atoms with E-state index in [1.165, 1.54) is 0 Å². The third-order valence-corrected chi connectivity index (χ3v) is 1.71. The Hall–Kier alpha value is -1.37. The highest BCUT2D eigenvalue weighted by atomic mass is 16.2. The van der Waals surface area contributed by atoms with Gasteiger partial charge in [0.25, 0.3) is 0 Å². The van der Waals surface area contributed by atoms with E-state index in [2.05, 4.69) is 10.5 Å². The van der Waals surface area contributed by atoms with E-state index in [1.807, 2.05) is 6.07 Å². The largest absolute Gasteiger partial charge is 0.272 e. The van der Waals surface area contributed by atoms with Crippen molar-refractivity contribution >= 4 is 11.6 Å². The molecule has 0 aliphatic carbocycles. The zero-order chi connectivity index (χ0) is 8.27. The molecule has 1 rings (SSSR count). The van der Waals surface area contributed by atoms with E-state index in [0.717, 1.165) is 5.71 Å². The van der Waals surface area contributed by atoms with Crippen LogP contribution >= 0.6 is 0 Å². The van der Waals surface area contributed by atoms with Crippen LogP contribution in [0.5, 0.6) is 0 Å². The molecule has 1 aliphatic heterocycles. The molecule has 1 amide bonds. The highest BCUT2D eigenvalue weighted by Gasteiger charge is 2.25. The highest BCUT2D eigenvalue weighted by Crippen LogP contribution is 2.12. The van der Waals surface area contributed by atoms with Gasteiger partial charge in [0.2, 0.25) is 5.91 Å². The Labute approximate surface area is 64.9 Å². The lowest BCUT2D eigenvalue weighted by Crippen LogP contribution is -2.21. The molecule has 0 spiro atoms. The first-order valence-corrected chi connectivity index (χ1v) is 3.46. The molecular formula is C7H9N3O. The van der Waals surface area contributed by atoms with Crippen molar-refractivity contribution in [1.29, 1.82) is 5.26 Å². The summed E-state index contributed by atoms with van der Waals surface area (Å²) in [6.07, 6.45) is 0.989. The molecule has 0 aromatic heterocycles. The van der Waals surface area contributed by atoms with Crippen LogP contribution in [0.3, 0.4) is 0 Å². The van der Waals surface area contributed by atoms with Crippen molar-refractivity contribution in [2.24, 2.45) is 11.0 Å². The van der Waals surface area contributed by atoms with Crippen molar-refractivity contribution in [3.8, 4) is 6.07 Å². The Balaban J connectivity index is 2.51. The zero-order valence-electron chi connectivity index (χ0n) is 6.29. The SMILES string of the molecule is CC1=NNC(=O)C1CCC#N. The second-order valence-electron chi connectivity index (χ2n) is 2.48. The number of carbonyl (C=O) groups is 1. The van der Waals surface area contributed by atoms with Crippen molar-refractivity contribution in [2.75, 3.05) is 0 Å². The fourth-order valence-electron chi connectivity index (χ4n) is 1.04. The number of rotatable bonds is 2. The fraction of sp³-hybridized carbons (Fsp3) is 0.571. The second-order valence-corrected chi connectivity index (χ2v) is 2.48. The summed E-state index contributed by atoms with van der Waals surface area (Å²) in [4.78, 5) is 11.0. The van der Waals surface area contributed by atoms with Crippen molar-refractivity contribution in [3.63, 3.8) is 0 Å². The third-order valence-electron chi connectivity index (χ3n) is 1.71. The van der Waals surface area contributed by atoms with Crippen molar-refractivity contribution < 1.29 is 4.79 Å². The molecule has 58 valence electrons. The first-order chi connectivity index (χ1) is 5.25. The maximum Gasteiger partial charge on any atom is 0.248 e. The first kappa shape index (κ1) is 7.73. The summed E-state index contributed by atoms with van der Waals surface area (Å²) in [5, 5.41) is 12.0. The predicted octanol–water partition coefficient (Wildman–Crippen LogP) is 0.412. The predicted molar refractivity (Wildman–Crippen MR) is 39.6 cm³/mol. The van der Waals surface area contributed by atoms with Gasteiger partial charge >= 0.3 is 0 Å². The van der Waals surface area contributed by atoms with Gasteiger partial charge in [-0.15, -0.1) is 0 Å². The Kier molecular flexibility index (Phi) is 2.21. The van der Waals surface area contributed by atoms with Crippen LogP contribution < -0.4 is 5.43 Å². The summed E-state index contributed by atoms with van der Waals surface area (Å²) in [5.41, 5.74) is 3.15. The van der Waals surface area contributed by atoms with Gasteiger partial charge in [-0.25, -0.2) is 5.43 Å². The van der Waals surface area contributed by atoms with E-state index >= 15 is 0 Å². The molecule has 0 aromatic rings. The minimum atomic E-state index is -0.172. The lowest BCUT2D eigenvalue weighted by molar-refractivity contribution is -0.122. The Morgan fingerprint density at radius 1 is 1.82 bits per heavy atom. The number of hydrazone groups is 1. The maximum absolute atomic E-state index is 11.0. The van der Waals surface area contributed by atoms with E-state index < -0.39 is 0 Å². The Morgan fingerprint density at radius 2 is 2.55 bits per heavy atom. The molecule has 1 N–H and O–H groups in total. The minimum absolute atomic E-state index is 0.0854. The lowest BCUT2D eigenvalue weighted by Gasteiger charge is -2.02. The number of hydrogen-bond acceptors (Lipinski definition) is 3. The molecule has 1 heterocycles. The van der Waals surface area contributed by atoms with Gasteiger partial charge in [0.05, 0.1) is 12.0 Å². The van der Waals surface area contributed by atoms with E-state index in [0.29, 0.717) is 12.8 Å². The molecule has 0 bridgehead atoms. The molecule has 4 heteroatoms. The van der Waals surface area contributed by atoms with Crippen LogP contribution in [0.4, 0.5) is 0 Å². The fourth-order valence-corrected chi connectivity index (χ4v) is 1.04. The van der Waals surface area contributed by atoms with Gasteiger partial charge in [-0.3, -0.25) is 4.79 Å². The summed E-state index contributed by atoms with van der Waals surface area (Å²) in [7, 11) is 0. The van der Waals surface area contributed by atoms with Crippen LogP contribution in [0.2, 0.25) is 0 Å². The van der Waals surface area contributed by atoms with Gasteiger partial charge < -0.3 is 0 Å². The van der Waals surface area contributed by atoms with E-state index in [-0.39, 0.29) is 11.8 Å². The van der Waals surface area contributed by atoms with Gasteiger partial charge in [-0.1, -0.05) is 0 Å². The minimum Gasteiger partial charge on any atom is -0.272 e. The Morgan fingerprint density at radius 3 is 3.00 bits per heavy atom. The zero-order valence-corrected chi connectivity index (χ0v) is 6.29. The topological polar surface area (TPSA) is 65.2 Å². The first-order valence-electron chi connectivity index (χ1n) is 3.46. The highest BCUT2D eigenvalue weighted by molar-refractivity contribution is 6.06. The van der Waals surface area contributed by atoms with Crippen molar-refractivity contribution in [3.05, 3.63) is 0 Å². The Bertz CT molecular complexity index is 239. The maximum atomic E-state index is 11.0. The smallest absolute Gasteiger partial charge is 0.248 e. The summed E-state index contributed by atoms with van der Waals surface area (Å²) >= 11 is 0. The molecule has 1 unspecified atom stereocenters. The average molecular weight is 151 g/mol. The summed E-state index contributed by atoms with van der Waals surface area (Å²) in [6.45, 7) is 1.79. The van der Waals surface area contributed by atoms with Crippen LogP contribution in [0, 0.1) is 17.2 Å². The van der Waals surface area contributed by atoms with E-state index in [4.69, 9.17) is 5.26 Å². The monoisotopic (exact) mass is 151 g/mol. The molecule has 0 saturated carbocycles. The van der Waals surface area contributed by atoms with Gasteiger partial charge in [-0.2, -0.15) is 10.4 Å². The number of nitrogens with one attached hydrogen (secondary N) is 1. The molecule has 0 saturated heterocycles. The molecule has 0 fully saturated rings. The number of nitriles is 1. The molecule has 1 atom stereocenters. The molecule has 1 aliphatic rings. The summed E-state index contributed by atoms with van der Waals surface area (Å²) < 4.78 is 0. The quantitative estimate of drug-likeness (QED) is 0.621. The molecule has 0 radical (unpaired) electrons. The van der Waals surface area contributed by atoms with Crippen LogP contribution in [0.25, 0.3) is 0 Å². The number of nitrogens with zero attached hydrogens (tertiary/aromatic N) is 2. The molecule has 0 aromatic carbocycles. The van der Waals surface area contributed by atoms with Crippen LogP contribution in [-0.4, -0.2) is 11.6 Å². The molecule has 4 nitrogen and oxygen atoms in total. The number of carbonyl (C=O) groups excluding carboxylic acids is 1. The molecule has 11 heavy (non-hydrogen) atoms. The normalized spacial score (nSPS) is 22.4. The summed E-state index contributed by atoms with van der Waals surface area (Å²) in [5.74, 6) is -0.257. The van der Waals surface area contributed by atoms with Crippen LogP contribution in [0.15, 0.2) is 5.10 Å².